The maximum Gasteiger partial charge on any atom is 0.377 e. The first-order chi connectivity index (χ1) is 11.6. The van der Waals surface area contributed by atoms with Crippen LogP contribution >= 0.6 is 0 Å². The third kappa shape index (κ3) is 7.35. The Morgan fingerprint density at radius 3 is 2.08 bits per heavy atom. The second-order valence-electron chi connectivity index (χ2n) is 6.13. The molecule has 1 aromatic rings. The van der Waals surface area contributed by atoms with Gasteiger partial charge in [0.25, 0.3) is 0 Å². The van der Waals surface area contributed by atoms with Crippen molar-refractivity contribution in [1.29, 1.82) is 0 Å². The fourth-order valence-corrected chi connectivity index (χ4v) is 2.77. The molecule has 0 saturated heterocycles. The monoisotopic (exact) mass is 336 g/mol. The van der Waals surface area contributed by atoms with E-state index in [0.717, 1.165) is 19.3 Å². The number of unbranched alkanes of at least 4 members (excludes halogenated alkanes) is 7. The van der Waals surface area contributed by atoms with Crippen molar-refractivity contribution in [3.63, 3.8) is 0 Å². The van der Waals surface area contributed by atoms with E-state index in [1.807, 2.05) is 18.2 Å². The Bertz CT molecular complexity index is 446. The van der Waals surface area contributed by atoms with Crippen molar-refractivity contribution in [2.45, 2.75) is 77.4 Å². The standard InChI is InChI=1S/C20H32O4/c1-3-5-6-7-8-9-10-14-17-20(19(21)22,23-4-2)24-18-15-12-11-13-16-18/h11-13,15-16H,3-10,14,17H2,1-2H3,(H,21,22). The number of carbonyl (C=O) groups is 1. The highest BCUT2D eigenvalue weighted by Crippen LogP contribution is 2.26. The van der Waals surface area contributed by atoms with E-state index in [0.29, 0.717) is 18.8 Å². The lowest BCUT2D eigenvalue weighted by Gasteiger charge is -2.30. The Labute approximate surface area is 146 Å². The van der Waals surface area contributed by atoms with Crippen molar-refractivity contribution in [3.8, 4) is 5.75 Å². The fourth-order valence-electron chi connectivity index (χ4n) is 2.77. The molecule has 0 aliphatic rings. The van der Waals surface area contributed by atoms with Crippen molar-refractivity contribution >= 4 is 5.97 Å². The first-order valence-corrected chi connectivity index (χ1v) is 9.26. The van der Waals surface area contributed by atoms with Gasteiger partial charge >= 0.3 is 11.8 Å². The molecule has 0 spiro atoms. The summed E-state index contributed by atoms with van der Waals surface area (Å²) in [6.45, 7) is 4.31. The van der Waals surface area contributed by atoms with Crippen LogP contribution in [0.2, 0.25) is 0 Å². The highest BCUT2D eigenvalue weighted by molar-refractivity contribution is 5.76. The number of hydrogen-bond donors (Lipinski definition) is 1. The normalized spacial score (nSPS) is 13.4. The van der Waals surface area contributed by atoms with Gasteiger partial charge < -0.3 is 14.6 Å². The Kier molecular flexibility index (Phi) is 10.2. The van der Waals surface area contributed by atoms with Gasteiger partial charge in [-0.2, -0.15) is 0 Å². The number of rotatable bonds is 14. The largest absolute Gasteiger partial charge is 0.476 e. The van der Waals surface area contributed by atoms with Crippen LogP contribution in [0.3, 0.4) is 0 Å². The SMILES string of the molecule is CCCCCCCCCCC(OCC)(Oc1ccccc1)C(=O)O. The Hall–Kier alpha value is -1.55. The number of para-hydroxylation sites is 1. The maximum absolute atomic E-state index is 11.8. The molecule has 1 N–H and O–H groups in total. The molecular formula is C20H32O4. The number of carboxylic acid groups (broad SMARTS) is 1. The Balaban J connectivity index is 2.49. The molecule has 4 heteroatoms. The van der Waals surface area contributed by atoms with E-state index in [-0.39, 0.29) is 0 Å². The van der Waals surface area contributed by atoms with Crippen molar-refractivity contribution in [2.75, 3.05) is 6.61 Å². The molecule has 0 radical (unpaired) electrons. The lowest BCUT2D eigenvalue weighted by molar-refractivity contribution is -0.213. The third-order valence-corrected chi connectivity index (χ3v) is 4.09. The summed E-state index contributed by atoms with van der Waals surface area (Å²) in [6.07, 6.45) is 9.63. The molecular weight excluding hydrogens is 304 g/mol. The number of carboxylic acids is 1. The van der Waals surface area contributed by atoms with Gasteiger partial charge in [-0.15, -0.1) is 0 Å². The minimum Gasteiger partial charge on any atom is -0.476 e. The van der Waals surface area contributed by atoms with Crippen LogP contribution in [0.4, 0.5) is 0 Å². The average molecular weight is 336 g/mol. The molecule has 0 saturated carbocycles. The maximum atomic E-state index is 11.8. The van der Waals surface area contributed by atoms with Gasteiger partial charge in [0.15, 0.2) is 0 Å². The number of ether oxygens (including phenoxy) is 2. The van der Waals surface area contributed by atoms with Crippen LogP contribution in [-0.2, 0) is 9.53 Å². The molecule has 0 aromatic heterocycles. The minimum atomic E-state index is -1.59. The first kappa shape index (κ1) is 20.5. The van der Waals surface area contributed by atoms with E-state index >= 15 is 0 Å². The quantitative estimate of drug-likeness (QED) is 0.364. The molecule has 0 heterocycles. The lowest BCUT2D eigenvalue weighted by atomic mass is 10.0. The Morgan fingerprint density at radius 1 is 0.958 bits per heavy atom. The van der Waals surface area contributed by atoms with Gasteiger partial charge in [0.05, 0.1) is 0 Å². The zero-order valence-electron chi connectivity index (χ0n) is 15.1. The highest BCUT2D eigenvalue weighted by Gasteiger charge is 2.41. The average Bonchev–Trinajstić information content (AvgIpc) is 2.58. The van der Waals surface area contributed by atoms with Crippen molar-refractivity contribution in [1.82, 2.24) is 0 Å². The molecule has 0 aliphatic carbocycles. The van der Waals surface area contributed by atoms with Crippen LogP contribution in [0.25, 0.3) is 0 Å². The van der Waals surface area contributed by atoms with E-state index in [4.69, 9.17) is 9.47 Å². The zero-order chi connectivity index (χ0) is 17.7. The van der Waals surface area contributed by atoms with Crippen molar-refractivity contribution < 1.29 is 19.4 Å². The van der Waals surface area contributed by atoms with Gasteiger partial charge in [0, 0.05) is 13.0 Å². The molecule has 4 nitrogen and oxygen atoms in total. The molecule has 1 aromatic carbocycles. The lowest BCUT2D eigenvalue weighted by Crippen LogP contribution is -2.47. The van der Waals surface area contributed by atoms with Gasteiger partial charge in [0.1, 0.15) is 5.75 Å². The highest BCUT2D eigenvalue weighted by atomic mass is 16.7. The van der Waals surface area contributed by atoms with Crippen LogP contribution in [-0.4, -0.2) is 23.5 Å². The zero-order valence-corrected chi connectivity index (χ0v) is 15.1. The summed E-state index contributed by atoms with van der Waals surface area (Å²) in [7, 11) is 0. The summed E-state index contributed by atoms with van der Waals surface area (Å²) in [5, 5.41) is 9.67. The van der Waals surface area contributed by atoms with Gasteiger partial charge in [-0.3, -0.25) is 0 Å². The third-order valence-electron chi connectivity index (χ3n) is 4.09. The number of benzene rings is 1. The van der Waals surface area contributed by atoms with Crippen LogP contribution < -0.4 is 4.74 Å². The van der Waals surface area contributed by atoms with E-state index in [1.165, 1.54) is 32.1 Å². The molecule has 0 fully saturated rings. The summed E-state index contributed by atoms with van der Waals surface area (Å²) in [5.41, 5.74) is 0. The summed E-state index contributed by atoms with van der Waals surface area (Å²) < 4.78 is 11.3. The van der Waals surface area contributed by atoms with Crippen LogP contribution in [0, 0.1) is 0 Å². The summed E-state index contributed by atoms with van der Waals surface area (Å²) in [6, 6.07) is 9.03. The fraction of sp³-hybridized carbons (Fsp3) is 0.650. The topological polar surface area (TPSA) is 55.8 Å². The van der Waals surface area contributed by atoms with Gasteiger partial charge in [-0.25, -0.2) is 4.79 Å². The van der Waals surface area contributed by atoms with Crippen LogP contribution in [0.15, 0.2) is 30.3 Å². The second-order valence-corrected chi connectivity index (χ2v) is 6.13. The van der Waals surface area contributed by atoms with Crippen LogP contribution in [0.1, 0.15) is 71.6 Å². The number of aliphatic carboxylic acids is 1. The molecule has 0 bridgehead atoms. The molecule has 1 atom stereocenters. The molecule has 24 heavy (non-hydrogen) atoms. The van der Waals surface area contributed by atoms with Gasteiger partial charge in [-0.05, 0) is 25.5 Å². The molecule has 1 unspecified atom stereocenters. The Morgan fingerprint density at radius 2 is 1.54 bits per heavy atom. The molecule has 1 rings (SSSR count). The van der Waals surface area contributed by atoms with E-state index in [1.54, 1.807) is 19.1 Å². The van der Waals surface area contributed by atoms with Gasteiger partial charge in [-0.1, -0.05) is 70.1 Å². The van der Waals surface area contributed by atoms with E-state index in [9.17, 15) is 9.90 Å². The van der Waals surface area contributed by atoms with Crippen LogP contribution in [0.5, 0.6) is 5.75 Å². The summed E-state index contributed by atoms with van der Waals surface area (Å²) in [4.78, 5) is 11.8. The van der Waals surface area contributed by atoms with E-state index < -0.39 is 11.8 Å². The predicted molar refractivity (Wildman–Crippen MR) is 96.3 cm³/mol. The summed E-state index contributed by atoms with van der Waals surface area (Å²) >= 11 is 0. The molecule has 0 aliphatic heterocycles. The van der Waals surface area contributed by atoms with E-state index in [2.05, 4.69) is 6.92 Å². The van der Waals surface area contributed by atoms with Crippen molar-refractivity contribution in [3.05, 3.63) is 30.3 Å². The predicted octanol–water partition coefficient (Wildman–Crippen LogP) is 5.41. The number of hydrogen-bond acceptors (Lipinski definition) is 3. The molecule has 0 amide bonds. The molecule has 136 valence electrons. The van der Waals surface area contributed by atoms with Gasteiger partial charge in [0.2, 0.25) is 0 Å². The smallest absolute Gasteiger partial charge is 0.377 e. The first-order valence-electron chi connectivity index (χ1n) is 9.26. The van der Waals surface area contributed by atoms with Crippen molar-refractivity contribution in [2.24, 2.45) is 0 Å². The minimum absolute atomic E-state index is 0.302. The second kappa shape index (κ2) is 11.9. The summed E-state index contributed by atoms with van der Waals surface area (Å²) in [5.74, 6) is -2.12.